The Morgan fingerprint density at radius 2 is 1.90 bits per heavy atom. The standard InChI is InChI=1S/C13H14ClN3O2S/c1-8-3-5-11(15)13(9(8)2)20(18,19)17-12-6-4-10(14)7-16-12/h3-7H,15H2,1-2H3,(H,16,17). The number of aryl methyl sites for hydroxylation is 1. The van der Waals surface area contributed by atoms with Gasteiger partial charge in [0.2, 0.25) is 0 Å². The fraction of sp³-hybridized carbons (Fsp3) is 0.154. The monoisotopic (exact) mass is 311 g/mol. The van der Waals surface area contributed by atoms with Gasteiger partial charge in [-0.15, -0.1) is 0 Å². The van der Waals surface area contributed by atoms with Crippen LogP contribution in [0.4, 0.5) is 11.5 Å². The smallest absolute Gasteiger partial charge is 0.265 e. The SMILES string of the molecule is Cc1ccc(N)c(S(=O)(=O)Nc2ccc(Cl)cn2)c1C. The molecule has 20 heavy (non-hydrogen) atoms. The Kier molecular flexibility index (Phi) is 3.87. The number of nitrogens with zero attached hydrogens (tertiary/aromatic N) is 1. The molecule has 1 aromatic carbocycles. The molecule has 7 heteroatoms. The van der Waals surface area contributed by atoms with Gasteiger partial charge in [-0.05, 0) is 43.2 Å². The molecule has 0 aliphatic carbocycles. The molecule has 0 spiro atoms. The zero-order valence-electron chi connectivity index (χ0n) is 11.0. The fourth-order valence-electron chi connectivity index (χ4n) is 1.79. The lowest BCUT2D eigenvalue weighted by atomic mass is 10.1. The minimum Gasteiger partial charge on any atom is -0.398 e. The third-order valence-corrected chi connectivity index (χ3v) is 4.72. The summed E-state index contributed by atoms with van der Waals surface area (Å²) in [6, 6.07) is 6.40. The van der Waals surface area contributed by atoms with Crippen LogP contribution >= 0.6 is 11.6 Å². The second-order valence-electron chi connectivity index (χ2n) is 4.39. The number of anilines is 2. The van der Waals surface area contributed by atoms with Crippen LogP contribution in [0.25, 0.3) is 0 Å². The Balaban J connectivity index is 2.46. The van der Waals surface area contributed by atoms with Crippen LogP contribution in [0.3, 0.4) is 0 Å². The second-order valence-corrected chi connectivity index (χ2v) is 6.45. The summed E-state index contributed by atoms with van der Waals surface area (Å²) in [5.74, 6) is 0.190. The van der Waals surface area contributed by atoms with Gasteiger partial charge in [0.15, 0.2) is 0 Å². The van der Waals surface area contributed by atoms with Gasteiger partial charge in [0, 0.05) is 6.20 Å². The molecule has 0 saturated heterocycles. The van der Waals surface area contributed by atoms with Gasteiger partial charge in [-0.3, -0.25) is 4.72 Å². The van der Waals surface area contributed by atoms with Gasteiger partial charge in [0.1, 0.15) is 10.7 Å². The largest absolute Gasteiger partial charge is 0.398 e. The fourth-order valence-corrected chi connectivity index (χ4v) is 3.34. The van der Waals surface area contributed by atoms with Crippen molar-refractivity contribution in [3.05, 3.63) is 46.6 Å². The lowest BCUT2D eigenvalue weighted by molar-refractivity contribution is 0.600. The molecular formula is C13H14ClN3O2S. The molecule has 0 fully saturated rings. The summed E-state index contributed by atoms with van der Waals surface area (Å²) in [7, 11) is -3.79. The Bertz CT molecular complexity index is 743. The Morgan fingerprint density at radius 3 is 2.50 bits per heavy atom. The number of nitrogen functional groups attached to an aromatic ring is 1. The Hall–Kier alpha value is -1.79. The highest BCUT2D eigenvalue weighted by Crippen LogP contribution is 2.27. The Labute approximate surface area is 122 Å². The molecule has 0 aliphatic rings. The molecule has 0 bridgehead atoms. The molecule has 0 radical (unpaired) electrons. The maximum absolute atomic E-state index is 12.4. The molecule has 1 aromatic heterocycles. The third-order valence-electron chi connectivity index (χ3n) is 2.94. The first-order chi connectivity index (χ1) is 9.31. The van der Waals surface area contributed by atoms with E-state index in [1.165, 1.54) is 12.3 Å². The van der Waals surface area contributed by atoms with Crippen molar-refractivity contribution in [1.29, 1.82) is 0 Å². The van der Waals surface area contributed by atoms with Crippen LogP contribution in [0.5, 0.6) is 0 Å². The van der Waals surface area contributed by atoms with E-state index < -0.39 is 10.0 Å². The van der Waals surface area contributed by atoms with Crippen molar-refractivity contribution in [2.45, 2.75) is 18.7 Å². The van der Waals surface area contributed by atoms with Gasteiger partial charge in [0.05, 0.1) is 10.7 Å². The van der Waals surface area contributed by atoms with Crippen LogP contribution in [0.1, 0.15) is 11.1 Å². The van der Waals surface area contributed by atoms with E-state index in [0.717, 1.165) is 5.56 Å². The van der Waals surface area contributed by atoms with E-state index >= 15 is 0 Å². The lowest BCUT2D eigenvalue weighted by Crippen LogP contribution is -2.17. The average Bonchev–Trinajstić information content (AvgIpc) is 2.37. The molecule has 1 heterocycles. The maximum Gasteiger partial charge on any atom is 0.265 e. The van der Waals surface area contributed by atoms with Crippen molar-refractivity contribution >= 4 is 33.1 Å². The molecule has 0 unspecified atom stereocenters. The minimum absolute atomic E-state index is 0.0780. The Morgan fingerprint density at radius 1 is 1.20 bits per heavy atom. The van der Waals surface area contributed by atoms with Crippen molar-refractivity contribution < 1.29 is 8.42 Å². The summed E-state index contributed by atoms with van der Waals surface area (Å²) in [5, 5.41) is 0.430. The van der Waals surface area contributed by atoms with Crippen LogP contribution in [-0.4, -0.2) is 13.4 Å². The average molecular weight is 312 g/mol. The number of hydrogen-bond acceptors (Lipinski definition) is 4. The van der Waals surface area contributed by atoms with Crippen LogP contribution in [-0.2, 0) is 10.0 Å². The van der Waals surface area contributed by atoms with E-state index in [0.29, 0.717) is 10.6 Å². The number of halogens is 1. The van der Waals surface area contributed by atoms with Gasteiger partial charge in [-0.25, -0.2) is 13.4 Å². The molecule has 0 saturated carbocycles. The lowest BCUT2D eigenvalue weighted by Gasteiger charge is -2.13. The van der Waals surface area contributed by atoms with E-state index in [9.17, 15) is 8.42 Å². The van der Waals surface area contributed by atoms with Gasteiger partial charge in [-0.1, -0.05) is 17.7 Å². The van der Waals surface area contributed by atoms with E-state index in [-0.39, 0.29) is 16.4 Å². The van der Waals surface area contributed by atoms with Crippen LogP contribution in [0.2, 0.25) is 5.02 Å². The van der Waals surface area contributed by atoms with Crippen molar-refractivity contribution in [1.82, 2.24) is 4.98 Å². The topological polar surface area (TPSA) is 85.1 Å². The van der Waals surface area contributed by atoms with Crippen molar-refractivity contribution in [3.8, 4) is 0 Å². The van der Waals surface area contributed by atoms with E-state index in [2.05, 4.69) is 9.71 Å². The number of nitrogens with two attached hydrogens (primary N) is 1. The molecule has 0 aliphatic heterocycles. The number of nitrogens with one attached hydrogen (secondary N) is 1. The second kappa shape index (κ2) is 5.30. The molecule has 3 N–H and O–H groups in total. The number of rotatable bonds is 3. The number of sulfonamides is 1. The maximum atomic E-state index is 12.4. The number of hydrogen-bond donors (Lipinski definition) is 2. The van der Waals surface area contributed by atoms with Gasteiger partial charge in [-0.2, -0.15) is 0 Å². The van der Waals surface area contributed by atoms with E-state index in [1.54, 1.807) is 25.1 Å². The number of aromatic nitrogens is 1. The summed E-state index contributed by atoms with van der Waals surface area (Å²) in [5.41, 5.74) is 7.46. The highest BCUT2D eigenvalue weighted by Gasteiger charge is 2.21. The van der Waals surface area contributed by atoms with Crippen LogP contribution in [0, 0.1) is 13.8 Å². The molecule has 0 amide bonds. The first-order valence-corrected chi connectivity index (χ1v) is 7.67. The molecule has 0 atom stereocenters. The van der Waals surface area contributed by atoms with Crippen molar-refractivity contribution in [2.24, 2.45) is 0 Å². The number of pyridine rings is 1. The summed E-state index contributed by atoms with van der Waals surface area (Å²) >= 11 is 5.71. The van der Waals surface area contributed by atoms with Gasteiger partial charge >= 0.3 is 0 Å². The van der Waals surface area contributed by atoms with Gasteiger partial charge < -0.3 is 5.73 Å². The third kappa shape index (κ3) is 2.86. The minimum atomic E-state index is -3.79. The zero-order valence-corrected chi connectivity index (χ0v) is 12.6. The molecule has 2 aromatic rings. The normalized spacial score (nSPS) is 11.3. The molecule has 5 nitrogen and oxygen atoms in total. The summed E-state index contributed by atoms with van der Waals surface area (Å²) in [6.07, 6.45) is 1.37. The predicted octanol–water partition coefficient (Wildman–Crippen LogP) is 2.73. The molecular weight excluding hydrogens is 298 g/mol. The van der Waals surface area contributed by atoms with Gasteiger partial charge in [0.25, 0.3) is 10.0 Å². The van der Waals surface area contributed by atoms with Crippen molar-refractivity contribution in [3.63, 3.8) is 0 Å². The quantitative estimate of drug-likeness (QED) is 0.853. The first kappa shape index (κ1) is 14.6. The molecule has 2 rings (SSSR count). The van der Waals surface area contributed by atoms with Crippen molar-refractivity contribution in [2.75, 3.05) is 10.5 Å². The summed E-state index contributed by atoms with van der Waals surface area (Å²) in [6.45, 7) is 3.55. The summed E-state index contributed by atoms with van der Waals surface area (Å²) in [4.78, 5) is 3.99. The summed E-state index contributed by atoms with van der Waals surface area (Å²) < 4.78 is 27.2. The highest BCUT2D eigenvalue weighted by molar-refractivity contribution is 7.93. The highest BCUT2D eigenvalue weighted by atomic mass is 35.5. The molecule has 106 valence electrons. The zero-order chi connectivity index (χ0) is 14.9. The predicted molar refractivity (Wildman–Crippen MR) is 80.4 cm³/mol. The number of benzene rings is 1. The van der Waals surface area contributed by atoms with Crippen LogP contribution < -0.4 is 10.5 Å². The van der Waals surface area contributed by atoms with Crippen LogP contribution in [0.15, 0.2) is 35.4 Å². The first-order valence-electron chi connectivity index (χ1n) is 5.81. The van der Waals surface area contributed by atoms with E-state index in [4.69, 9.17) is 17.3 Å². The van der Waals surface area contributed by atoms with E-state index in [1.807, 2.05) is 6.92 Å².